The van der Waals surface area contributed by atoms with E-state index in [2.05, 4.69) is 43.5 Å². The van der Waals surface area contributed by atoms with Crippen LogP contribution in [0.2, 0.25) is 0 Å². The molecular weight excluding hydrogens is 415 g/mol. The molecule has 0 saturated heterocycles. The fraction of sp³-hybridized carbons (Fsp3) is 0.429. The molecule has 21 heavy (non-hydrogen) atoms. The number of thiophene rings is 1. The topological polar surface area (TPSA) is 49.3 Å². The first-order chi connectivity index (χ1) is 9.78. The van der Waals surface area contributed by atoms with Crippen molar-refractivity contribution >= 4 is 52.6 Å². The third kappa shape index (κ3) is 6.75. The molecule has 4 nitrogen and oxygen atoms in total. The van der Waals surface area contributed by atoms with Gasteiger partial charge in [-0.3, -0.25) is 4.99 Å². The van der Waals surface area contributed by atoms with Crippen LogP contribution in [0.3, 0.4) is 0 Å². The van der Waals surface area contributed by atoms with Crippen molar-refractivity contribution in [3.8, 4) is 0 Å². The number of rotatable bonds is 6. The van der Waals surface area contributed by atoms with E-state index in [1.54, 1.807) is 29.7 Å². The van der Waals surface area contributed by atoms with E-state index < -0.39 is 0 Å². The lowest BCUT2D eigenvalue weighted by Crippen LogP contribution is -2.39. The maximum atomic E-state index is 4.45. The molecule has 0 aromatic carbocycles. The summed E-state index contributed by atoms with van der Waals surface area (Å²) in [6, 6.07) is 4.25. The molecule has 7 heteroatoms. The van der Waals surface area contributed by atoms with Crippen LogP contribution in [0.15, 0.2) is 27.9 Å². The minimum absolute atomic E-state index is 0. The molecule has 2 aromatic heterocycles. The molecule has 0 fully saturated rings. The van der Waals surface area contributed by atoms with Crippen LogP contribution in [0, 0.1) is 6.92 Å². The van der Waals surface area contributed by atoms with Crippen LogP contribution < -0.4 is 10.6 Å². The van der Waals surface area contributed by atoms with Gasteiger partial charge < -0.3 is 10.6 Å². The summed E-state index contributed by atoms with van der Waals surface area (Å²) >= 11 is 3.49. The lowest BCUT2D eigenvalue weighted by molar-refractivity contribution is 0.780. The second-order valence-electron chi connectivity index (χ2n) is 4.36. The van der Waals surface area contributed by atoms with Crippen molar-refractivity contribution in [1.82, 2.24) is 15.6 Å². The maximum absolute atomic E-state index is 4.45. The number of guanidine groups is 1. The Morgan fingerprint density at radius 1 is 1.24 bits per heavy atom. The smallest absolute Gasteiger partial charge is 0.191 e. The zero-order chi connectivity index (χ0) is 14.2. The minimum atomic E-state index is 0. The number of hydrogen-bond donors (Lipinski definition) is 2. The highest BCUT2D eigenvalue weighted by molar-refractivity contribution is 14.0. The van der Waals surface area contributed by atoms with Crippen molar-refractivity contribution in [3.63, 3.8) is 0 Å². The van der Waals surface area contributed by atoms with E-state index in [1.807, 2.05) is 6.92 Å². The average molecular weight is 436 g/mol. The van der Waals surface area contributed by atoms with Crippen LogP contribution in [0.4, 0.5) is 0 Å². The predicted octanol–water partition coefficient (Wildman–Crippen LogP) is 3.08. The van der Waals surface area contributed by atoms with Gasteiger partial charge in [-0.1, -0.05) is 6.07 Å². The third-order valence-electron chi connectivity index (χ3n) is 2.81. The van der Waals surface area contributed by atoms with Gasteiger partial charge in [-0.2, -0.15) is 0 Å². The Labute approximate surface area is 151 Å². The number of aryl methyl sites for hydroxylation is 1. The van der Waals surface area contributed by atoms with Crippen molar-refractivity contribution in [1.29, 1.82) is 0 Å². The van der Waals surface area contributed by atoms with Crippen molar-refractivity contribution in [2.45, 2.75) is 19.8 Å². The lowest BCUT2D eigenvalue weighted by atomic mass is 10.3. The molecule has 116 valence electrons. The Bertz CT molecular complexity index is 537. The highest BCUT2D eigenvalue weighted by atomic mass is 127. The summed E-state index contributed by atoms with van der Waals surface area (Å²) in [6.45, 7) is 3.78. The third-order valence-corrected chi connectivity index (χ3v) is 4.57. The summed E-state index contributed by atoms with van der Waals surface area (Å²) in [7, 11) is 1.80. The SMILES string of the molecule is CN=C(NCCc1csc(C)n1)NCCc1cccs1.I. The summed E-state index contributed by atoms with van der Waals surface area (Å²) in [5, 5.41) is 12.0. The zero-order valence-corrected chi connectivity index (χ0v) is 16.2. The Balaban J connectivity index is 0.00000220. The second-order valence-corrected chi connectivity index (χ2v) is 6.46. The zero-order valence-electron chi connectivity index (χ0n) is 12.3. The molecule has 2 rings (SSSR count). The molecule has 2 aromatic rings. The van der Waals surface area contributed by atoms with Crippen LogP contribution in [0.25, 0.3) is 0 Å². The first-order valence-corrected chi connectivity index (χ1v) is 8.42. The van der Waals surface area contributed by atoms with Crippen molar-refractivity contribution in [2.24, 2.45) is 4.99 Å². The Morgan fingerprint density at radius 3 is 2.57 bits per heavy atom. The van der Waals surface area contributed by atoms with E-state index in [0.717, 1.165) is 42.6 Å². The molecule has 0 aliphatic heterocycles. The van der Waals surface area contributed by atoms with Crippen LogP contribution >= 0.6 is 46.7 Å². The molecule has 0 spiro atoms. The Morgan fingerprint density at radius 2 is 2.00 bits per heavy atom. The van der Waals surface area contributed by atoms with Gasteiger partial charge in [0.1, 0.15) is 0 Å². The van der Waals surface area contributed by atoms with Crippen molar-refractivity contribution < 1.29 is 0 Å². The van der Waals surface area contributed by atoms with E-state index in [0.29, 0.717) is 0 Å². The molecule has 2 N–H and O–H groups in total. The normalized spacial score (nSPS) is 11.0. The highest BCUT2D eigenvalue weighted by Crippen LogP contribution is 2.08. The van der Waals surface area contributed by atoms with Gasteiger partial charge in [0, 0.05) is 36.8 Å². The molecule has 0 aliphatic carbocycles. The van der Waals surface area contributed by atoms with Crippen LogP contribution in [0.5, 0.6) is 0 Å². The lowest BCUT2D eigenvalue weighted by Gasteiger charge is -2.10. The highest BCUT2D eigenvalue weighted by Gasteiger charge is 2.01. The van der Waals surface area contributed by atoms with E-state index in [1.165, 1.54) is 4.88 Å². The van der Waals surface area contributed by atoms with E-state index in [4.69, 9.17) is 0 Å². The summed E-state index contributed by atoms with van der Waals surface area (Å²) in [5.41, 5.74) is 1.15. The monoisotopic (exact) mass is 436 g/mol. The average Bonchev–Trinajstić information content (AvgIpc) is 3.09. The first kappa shape index (κ1) is 18.4. The van der Waals surface area contributed by atoms with Gasteiger partial charge in [-0.25, -0.2) is 4.98 Å². The van der Waals surface area contributed by atoms with Crippen molar-refractivity contribution in [2.75, 3.05) is 20.1 Å². The van der Waals surface area contributed by atoms with Gasteiger partial charge in [0.15, 0.2) is 5.96 Å². The van der Waals surface area contributed by atoms with E-state index >= 15 is 0 Å². The van der Waals surface area contributed by atoms with Crippen LogP contribution in [-0.2, 0) is 12.8 Å². The van der Waals surface area contributed by atoms with Crippen LogP contribution in [0.1, 0.15) is 15.6 Å². The number of hydrogen-bond acceptors (Lipinski definition) is 4. The number of aliphatic imine (C=N–C) groups is 1. The van der Waals surface area contributed by atoms with Crippen LogP contribution in [-0.4, -0.2) is 31.1 Å². The van der Waals surface area contributed by atoms with Gasteiger partial charge in [-0.05, 0) is 24.8 Å². The largest absolute Gasteiger partial charge is 0.356 e. The minimum Gasteiger partial charge on any atom is -0.356 e. The fourth-order valence-electron chi connectivity index (χ4n) is 1.81. The molecule has 0 saturated carbocycles. The fourth-order valence-corrected chi connectivity index (χ4v) is 3.17. The predicted molar refractivity (Wildman–Crippen MR) is 103 cm³/mol. The molecule has 0 radical (unpaired) electrons. The molecule has 0 aliphatic rings. The second kappa shape index (κ2) is 10.1. The number of thiazole rings is 1. The van der Waals surface area contributed by atoms with E-state index in [-0.39, 0.29) is 24.0 Å². The maximum Gasteiger partial charge on any atom is 0.191 e. The van der Waals surface area contributed by atoms with Gasteiger partial charge >= 0.3 is 0 Å². The van der Waals surface area contributed by atoms with Gasteiger partial charge in [0.25, 0.3) is 0 Å². The molecule has 0 atom stereocenters. The molecule has 0 unspecified atom stereocenters. The van der Waals surface area contributed by atoms with Gasteiger partial charge in [0.2, 0.25) is 0 Å². The van der Waals surface area contributed by atoms with Gasteiger partial charge in [-0.15, -0.1) is 46.7 Å². The Hall–Kier alpha value is -0.670. The number of aromatic nitrogens is 1. The molecule has 0 amide bonds. The number of nitrogens with one attached hydrogen (secondary N) is 2. The number of nitrogens with zero attached hydrogens (tertiary/aromatic N) is 2. The van der Waals surface area contributed by atoms with E-state index in [9.17, 15) is 0 Å². The van der Waals surface area contributed by atoms with Crippen molar-refractivity contribution in [3.05, 3.63) is 38.5 Å². The molecular formula is C14H21IN4S2. The quantitative estimate of drug-likeness (QED) is 0.416. The standard InChI is InChI=1S/C14H20N4S2.HI/c1-11-18-12(10-20-11)5-7-16-14(15-2)17-8-6-13-4-3-9-19-13;/h3-4,9-10H,5-8H2,1-2H3,(H2,15,16,17);1H. The summed E-state index contributed by atoms with van der Waals surface area (Å²) in [6.07, 6.45) is 1.96. The Kier molecular flexibility index (Phi) is 8.86. The van der Waals surface area contributed by atoms with Gasteiger partial charge in [0.05, 0.1) is 10.7 Å². The summed E-state index contributed by atoms with van der Waals surface area (Å²) < 4.78 is 0. The summed E-state index contributed by atoms with van der Waals surface area (Å²) in [4.78, 5) is 10.1. The number of halogens is 1. The first-order valence-electron chi connectivity index (χ1n) is 6.66. The molecule has 2 heterocycles. The summed E-state index contributed by atoms with van der Waals surface area (Å²) in [5.74, 6) is 0.855. The molecule has 0 bridgehead atoms.